The van der Waals surface area contributed by atoms with E-state index in [1.807, 2.05) is 19.9 Å². The molecule has 3 saturated carbocycles. The highest BCUT2D eigenvalue weighted by Crippen LogP contribution is 2.68. The summed E-state index contributed by atoms with van der Waals surface area (Å²) in [5, 5.41) is 11.7. The highest BCUT2D eigenvalue weighted by molar-refractivity contribution is 6.01. The number of rotatable bonds is 7. The molecule has 198 valence electrons. The van der Waals surface area contributed by atoms with Crippen LogP contribution >= 0.6 is 0 Å². The van der Waals surface area contributed by atoms with Crippen LogP contribution in [0.25, 0.3) is 0 Å². The lowest BCUT2D eigenvalue weighted by Crippen LogP contribution is -2.63. The minimum Gasteiger partial charge on any atom is -0.457 e. The van der Waals surface area contributed by atoms with Crippen molar-refractivity contribution in [3.63, 3.8) is 0 Å². The number of Topliss-reactive ketones (excluding diaryl/α,β-unsaturated/α-hetero) is 1. The summed E-state index contributed by atoms with van der Waals surface area (Å²) in [6.45, 7) is 9.31. The Labute approximate surface area is 213 Å². The molecule has 4 aliphatic rings. The molecule has 0 spiro atoms. The van der Waals surface area contributed by atoms with Crippen molar-refractivity contribution in [1.82, 2.24) is 0 Å². The second-order valence-electron chi connectivity index (χ2n) is 11.8. The molecule has 3 fully saturated rings. The van der Waals surface area contributed by atoms with Gasteiger partial charge >= 0.3 is 11.9 Å². The van der Waals surface area contributed by atoms with E-state index < -0.39 is 46.9 Å². The summed E-state index contributed by atoms with van der Waals surface area (Å²) in [6, 6.07) is 0. The van der Waals surface area contributed by atoms with E-state index in [0.29, 0.717) is 25.7 Å². The molecule has 7 nitrogen and oxygen atoms in total. The van der Waals surface area contributed by atoms with Crippen molar-refractivity contribution in [2.45, 2.75) is 91.3 Å². The van der Waals surface area contributed by atoms with Gasteiger partial charge in [0.05, 0.1) is 6.10 Å². The molecule has 4 aliphatic carbocycles. The van der Waals surface area contributed by atoms with Gasteiger partial charge in [-0.15, -0.1) is 0 Å². The number of carbonyl (C=O) groups excluding carboxylic acids is 4. The van der Waals surface area contributed by atoms with E-state index >= 15 is 0 Å². The third-order valence-electron chi connectivity index (χ3n) is 9.78. The van der Waals surface area contributed by atoms with Crippen LogP contribution in [-0.2, 0) is 28.7 Å². The van der Waals surface area contributed by atoms with E-state index in [-0.39, 0.29) is 42.3 Å². The van der Waals surface area contributed by atoms with Crippen LogP contribution in [0.1, 0.15) is 79.6 Å². The van der Waals surface area contributed by atoms with Crippen molar-refractivity contribution >= 4 is 23.5 Å². The third-order valence-corrected chi connectivity index (χ3v) is 9.78. The first kappa shape index (κ1) is 26.8. The second-order valence-corrected chi connectivity index (χ2v) is 11.8. The standard InChI is InChI=1S/C29H40O7/c1-6-8-25(34)36-29(23(32)16-35-24(33)7-2)12-10-20-19-13-17(3)21-14-18(30)9-11-27(21,4)26(19)22(31)15-28(20,29)5/h9,11,14,17,19-20,22,26,31H,6-8,10,12-13,15-16H2,1-5H3/t17-,19-,20-,22-,26+,27-,28-,29-/m0/s1. The van der Waals surface area contributed by atoms with Gasteiger partial charge in [0.2, 0.25) is 5.78 Å². The summed E-state index contributed by atoms with van der Waals surface area (Å²) in [7, 11) is 0. The largest absolute Gasteiger partial charge is 0.457 e. The van der Waals surface area contributed by atoms with E-state index in [0.717, 1.165) is 12.0 Å². The Morgan fingerprint density at radius 2 is 1.89 bits per heavy atom. The molecular weight excluding hydrogens is 460 g/mol. The van der Waals surface area contributed by atoms with Gasteiger partial charge in [0, 0.05) is 29.6 Å². The molecule has 0 radical (unpaired) electrons. The molecule has 7 heteroatoms. The maximum Gasteiger partial charge on any atom is 0.306 e. The molecule has 0 heterocycles. The van der Waals surface area contributed by atoms with Crippen LogP contribution in [0.5, 0.6) is 0 Å². The van der Waals surface area contributed by atoms with Crippen LogP contribution < -0.4 is 0 Å². The van der Waals surface area contributed by atoms with Crippen LogP contribution in [0.3, 0.4) is 0 Å². The van der Waals surface area contributed by atoms with Crippen LogP contribution in [0, 0.1) is 34.5 Å². The fraction of sp³-hybridized carbons (Fsp3) is 0.724. The Balaban J connectivity index is 1.73. The van der Waals surface area contributed by atoms with E-state index in [1.54, 1.807) is 19.1 Å². The van der Waals surface area contributed by atoms with E-state index in [1.165, 1.54) is 0 Å². The molecule has 0 aromatic heterocycles. The summed E-state index contributed by atoms with van der Waals surface area (Å²) in [6.07, 6.45) is 7.62. The molecule has 0 aromatic carbocycles. The first-order valence-electron chi connectivity index (χ1n) is 13.5. The van der Waals surface area contributed by atoms with Gasteiger partial charge in [-0.2, -0.15) is 0 Å². The molecule has 0 saturated heterocycles. The Kier molecular flexibility index (Phi) is 7.10. The number of aliphatic hydroxyl groups is 1. The summed E-state index contributed by atoms with van der Waals surface area (Å²) in [4.78, 5) is 50.6. The Morgan fingerprint density at radius 1 is 1.17 bits per heavy atom. The predicted octanol–water partition coefficient (Wildman–Crippen LogP) is 4.12. The van der Waals surface area contributed by atoms with Gasteiger partial charge in [-0.1, -0.05) is 46.3 Å². The van der Waals surface area contributed by atoms with Crippen molar-refractivity contribution in [2.75, 3.05) is 6.61 Å². The highest BCUT2D eigenvalue weighted by Gasteiger charge is 2.70. The molecule has 1 N–H and O–H groups in total. The zero-order valence-electron chi connectivity index (χ0n) is 22.2. The molecule has 0 aliphatic heterocycles. The van der Waals surface area contributed by atoms with E-state index in [4.69, 9.17) is 9.47 Å². The van der Waals surface area contributed by atoms with Gasteiger partial charge in [-0.25, -0.2) is 0 Å². The molecule has 0 amide bonds. The quantitative estimate of drug-likeness (QED) is 0.524. The molecule has 4 rings (SSSR count). The maximum atomic E-state index is 13.8. The molecule has 0 aromatic rings. The topological polar surface area (TPSA) is 107 Å². The second kappa shape index (κ2) is 9.55. The van der Waals surface area contributed by atoms with E-state index in [9.17, 15) is 24.3 Å². The maximum absolute atomic E-state index is 13.8. The fourth-order valence-corrected chi connectivity index (χ4v) is 8.23. The van der Waals surface area contributed by atoms with Gasteiger partial charge in [0.1, 0.15) is 0 Å². The van der Waals surface area contributed by atoms with Crippen molar-refractivity contribution in [1.29, 1.82) is 0 Å². The lowest BCUT2D eigenvalue weighted by atomic mass is 9.44. The zero-order valence-corrected chi connectivity index (χ0v) is 22.2. The number of fused-ring (bicyclic) bond motifs is 5. The summed E-state index contributed by atoms with van der Waals surface area (Å²) >= 11 is 0. The van der Waals surface area contributed by atoms with Gasteiger partial charge in [-0.3, -0.25) is 19.2 Å². The fourth-order valence-electron chi connectivity index (χ4n) is 8.23. The Bertz CT molecular complexity index is 1010. The zero-order chi connectivity index (χ0) is 26.5. The SMILES string of the molecule is CCCC(=O)O[C@]1(C(=O)COC(=O)CC)CC[C@H]2[C@@H]3C[C@H](C)C4=CC(=O)C=C[C@]4(C)[C@H]3[C@@H](O)C[C@@]21C. The monoisotopic (exact) mass is 500 g/mol. The number of hydrogen-bond acceptors (Lipinski definition) is 7. The van der Waals surface area contributed by atoms with Gasteiger partial charge in [0.15, 0.2) is 18.0 Å². The van der Waals surface area contributed by atoms with Gasteiger partial charge in [0.25, 0.3) is 0 Å². The Hall–Kier alpha value is -2.28. The number of esters is 2. The summed E-state index contributed by atoms with van der Waals surface area (Å²) < 4.78 is 11.3. The van der Waals surface area contributed by atoms with Crippen LogP contribution in [-0.4, -0.2) is 46.9 Å². The Morgan fingerprint density at radius 3 is 2.56 bits per heavy atom. The normalized spacial score (nSPS) is 41.0. The average molecular weight is 501 g/mol. The van der Waals surface area contributed by atoms with Crippen molar-refractivity contribution in [3.05, 3.63) is 23.8 Å². The first-order chi connectivity index (χ1) is 16.9. The minimum absolute atomic E-state index is 0.0159. The lowest BCUT2D eigenvalue weighted by molar-refractivity contribution is -0.202. The number of hydrogen-bond donors (Lipinski definition) is 1. The average Bonchev–Trinajstić information content (AvgIpc) is 3.10. The predicted molar refractivity (Wildman–Crippen MR) is 133 cm³/mol. The first-order valence-corrected chi connectivity index (χ1v) is 13.5. The lowest BCUT2D eigenvalue weighted by Gasteiger charge is -2.61. The number of ketones is 2. The molecular formula is C29H40O7. The molecule has 36 heavy (non-hydrogen) atoms. The third kappa shape index (κ3) is 3.98. The number of aliphatic hydroxyl groups excluding tert-OH is 1. The van der Waals surface area contributed by atoms with Crippen molar-refractivity contribution < 1.29 is 33.8 Å². The van der Waals surface area contributed by atoms with Crippen LogP contribution in [0.15, 0.2) is 23.8 Å². The minimum atomic E-state index is -1.44. The number of allylic oxidation sites excluding steroid dienone is 4. The molecule has 0 unspecified atom stereocenters. The van der Waals surface area contributed by atoms with E-state index in [2.05, 4.69) is 13.8 Å². The van der Waals surface area contributed by atoms with Crippen molar-refractivity contribution in [3.8, 4) is 0 Å². The molecule has 0 bridgehead atoms. The van der Waals surface area contributed by atoms with Crippen LogP contribution in [0.2, 0.25) is 0 Å². The van der Waals surface area contributed by atoms with Gasteiger partial charge < -0.3 is 14.6 Å². The number of carbonyl (C=O) groups is 4. The molecule has 8 atom stereocenters. The van der Waals surface area contributed by atoms with Crippen molar-refractivity contribution in [2.24, 2.45) is 34.5 Å². The summed E-state index contributed by atoms with van der Waals surface area (Å²) in [5.74, 6) is -1.15. The van der Waals surface area contributed by atoms with Gasteiger partial charge in [-0.05, 0) is 62.0 Å². The van der Waals surface area contributed by atoms with Crippen LogP contribution in [0.4, 0.5) is 0 Å². The smallest absolute Gasteiger partial charge is 0.306 e. The number of ether oxygens (including phenoxy) is 2. The summed E-state index contributed by atoms with van der Waals surface area (Å²) in [5.41, 5.74) is -1.61. The highest BCUT2D eigenvalue weighted by atomic mass is 16.6.